The Balaban J connectivity index is 1.81. The second kappa shape index (κ2) is 6.97. The monoisotopic (exact) mass is 386 g/mol. The van der Waals surface area contributed by atoms with Gasteiger partial charge in [-0.15, -0.1) is 0 Å². The molecule has 0 saturated carbocycles. The summed E-state index contributed by atoms with van der Waals surface area (Å²) in [6.45, 7) is -0.336. The molecule has 0 amide bonds. The summed E-state index contributed by atoms with van der Waals surface area (Å²) in [6, 6.07) is 7.59. The molecule has 1 aliphatic rings. The third kappa shape index (κ3) is 2.87. The minimum absolute atomic E-state index is 0.140. The average Bonchev–Trinajstić information content (AvgIpc) is 2.72. The first-order valence-corrected chi connectivity index (χ1v) is 8.50. The number of phenolic OH excluding ortho intramolecular Hbond substituents is 1. The first kappa shape index (κ1) is 18.0. The Morgan fingerprint density at radius 1 is 1.04 bits per heavy atom. The lowest BCUT2D eigenvalue weighted by molar-refractivity contribution is -0.0123. The van der Waals surface area contributed by atoms with Gasteiger partial charge in [-0.25, -0.2) is 0 Å². The van der Waals surface area contributed by atoms with E-state index in [0.29, 0.717) is 28.0 Å². The van der Waals surface area contributed by atoms with E-state index in [-0.39, 0.29) is 29.3 Å². The molecule has 0 saturated heterocycles. The molecule has 0 aliphatic carbocycles. The third-order valence-electron chi connectivity index (χ3n) is 4.61. The van der Waals surface area contributed by atoms with E-state index in [1.54, 1.807) is 18.2 Å². The first-order valence-electron chi connectivity index (χ1n) is 8.50. The van der Waals surface area contributed by atoms with Crippen LogP contribution in [-0.4, -0.2) is 37.1 Å². The topological polar surface area (TPSA) is 108 Å². The number of hydrogen-bond acceptors (Lipinski definition) is 8. The highest BCUT2D eigenvalue weighted by Gasteiger charge is 2.34. The van der Waals surface area contributed by atoms with Crippen molar-refractivity contribution in [3.63, 3.8) is 0 Å². The van der Waals surface area contributed by atoms with Gasteiger partial charge in [-0.1, -0.05) is 0 Å². The predicted octanol–water partition coefficient (Wildman–Crippen LogP) is 2.39. The number of methoxy groups -OCH3 is 2. The van der Waals surface area contributed by atoms with Gasteiger partial charge in [0.15, 0.2) is 40.6 Å². The highest BCUT2D eigenvalue weighted by atomic mass is 16.6. The van der Waals surface area contributed by atoms with Gasteiger partial charge < -0.3 is 33.6 Å². The van der Waals surface area contributed by atoms with Gasteiger partial charge in [-0.05, 0) is 18.2 Å². The summed E-state index contributed by atoms with van der Waals surface area (Å²) in [5, 5.41) is 20.3. The van der Waals surface area contributed by atoms with Crippen molar-refractivity contribution in [3.05, 3.63) is 52.4 Å². The molecule has 0 fully saturated rings. The van der Waals surface area contributed by atoms with E-state index < -0.39 is 12.2 Å². The van der Waals surface area contributed by atoms with Crippen molar-refractivity contribution in [2.75, 3.05) is 20.8 Å². The maximum atomic E-state index is 12.0. The van der Waals surface area contributed by atoms with E-state index in [1.165, 1.54) is 32.6 Å². The van der Waals surface area contributed by atoms with Crippen LogP contribution >= 0.6 is 0 Å². The predicted molar refractivity (Wildman–Crippen MR) is 98.6 cm³/mol. The fourth-order valence-electron chi connectivity index (χ4n) is 3.21. The van der Waals surface area contributed by atoms with Crippen LogP contribution < -0.4 is 24.4 Å². The van der Waals surface area contributed by atoms with Crippen molar-refractivity contribution in [2.45, 2.75) is 12.2 Å². The number of aliphatic hydroxyl groups is 1. The molecule has 2 N–H and O–H groups in total. The summed E-state index contributed by atoms with van der Waals surface area (Å²) in [7, 11) is 2.84. The van der Waals surface area contributed by atoms with Crippen molar-refractivity contribution >= 4 is 11.0 Å². The van der Waals surface area contributed by atoms with Crippen LogP contribution in [0.4, 0.5) is 0 Å². The minimum atomic E-state index is -0.750. The van der Waals surface area contributed by atoms with E-state index in [4.69, 9.17) is 23.4 Å². The summed E-state index contributed by atoms with van der Waals surface area (Å²) in [4.78, 5) is 12.0. The van der Waals surface area contributed by atoms with Gasteiger partial charge in [-0.2, -0.15) is 0 Å². The Bertz CT molecular complexity index is 1060. The van der Waals surface area contributed by atoms with Gasteiger partial charge in [0.1, 0.15) is 5.58 Å². The molecule has 28 heavy (non-hydrogen) atoms. The number of rotatable bonds is 4. The van der Waals surface area contributed by atoms with E-state index in [0.717, 1.165) is 0 Å². The molecule has 3 aromatic rings. The molecule has 1 aromatic heterocycles. The van der Waals surface area contributed by atoms with Crippen molar-refractivity contribution in [1.29, 1.82) is 0 Å². The minimum Gasteiger partial charge on any atom is -0.502 e. The van der Waals surface area contributed by atoms with Crippen molar-refractivity contribution < 1.29 is 33.6 Å². The van der Waals surface area contributed by atoms with Crippen LogP contribution in [0, 0.1) is 0 Å². The molecule has 0 bridgehead atoms. The normalized spacial score (nSPS) is 18.1. The Morgan fingerprint density at radius 2 is 1.71 bits per heavy atom. The Labute approximate surface area is 159 Å². The van der Waals surface area contributed by atoms with Crippen LogP contribution in [0.5, 0.6) is 28.7 Å². The van der Waals surface area contributed by atoms with Crippen LogP contribution in [0.2, 0.25) is 0 Å². The standard InChI is InChI=1S/C20H18O8/c1-24-16-5-10(6-17(25-2)19(16)23)20-18(9-21)27-14-7-11-12(22)3-4-26-13(11)8-15(14)28-20/h3-8,18,20-21,23H,9H2,1-2H3. The maximum Gasteiger partial charge on any atom is 0.200 e. The quantitative estimate of drug-likeness (QED) is 0.704. The number of aliphatic hydroxyl groups excluding tert-OH is 1. The number of aromatic hydroxyl groups is 1. The zero-order valence-corrected chi connectivity index (χ0v) is 15.2. The van der Waals surface area contributed by atoms with Crippen LogP contribution in [0.15, 0.2) is 45.8 Å². The molecule has 8 heteroatoms. The zero-order valence-electron chi connectivity index (χ0n) is 15.2. The van der Waals surface area contributed by atoms with Crippen molar-refractivity contribution in [3.8, 4) is 28.7 Å². The molecule has 2 heterocycles. The van der Waals surface area contributed by atoms with Gasteiger partial charge in [0.25, 0.3) is 0 Å². The Kier molecular flexibility index (Phi) is 4.48. The van der Waals surface area contributed by atoms with Crippen LogP contribution in [0.25, 0.3) is 11.0 Å². The Morgan fingerprint density at radius 3 is 2.36 bits per heavy atom. The summed E-state index contributed by atoms with van der Waals surface area (Å²) >= 11 is 0. The van der Waals surface area contributed by atoms with Crippen molar-refractivity contribution in [1.82, 2.24) is 0 Å². The molecule has 2 aromatic carbocycles. The number of hydrogen-bond donors (Lipinski definition) is 2. The lowest BCUT2D eigenvalue weighted by Crippen LogP contribution is -2.36. The van der Waals surface area contributed by atoms with Gasteiger partial charge in [0.05, 0.1) is 32.5 Å². The van der Waals surface area contributed by atoms with Crippen LogP contribution in [0.1, 0.15) is 11.7 Å². The van der Waals surface area contributed by atoms with Gasteiger partial charge in [-0.3, -0.25) is 4.79 Å². The molecule has 146 valence electrons. The van der Waals surface area contributed by atoms with Gasteiger partial charge >= 0.3 is 0 Å². The largest absolute Gasteiger partial charge is 0.502 e. The lowest BCUT2D eigenvalue weighted by Gasteiger charge is -2.33. The molecule has 4 rings (SSSR count). The molecular weight excluding hydrogens is 368 g/mol. The summed E-state index contributed by atoms with van der Waals surface area (Å²) in [5.41, 5.74) is 0.728. The number of benzene rings is 2. The molecule has 1 aliphatic heterocycles. The molecular formula is C20H18O8. The summed E-state index contributed by atoms with van der Waals surface area (Å²) in [6.07, 6.45) is -0.154. The molecule has 0 spiro atoms. The molecule has 0 radical (unpaired) electrons. The molecule has 8 nitrogen and oxygen atoms in total. The van der Waals surface area contributed by atoms with E-state index in [1.807, 2.05) is 0 Å². The summed E-state index contributed by atoms with van der Waals surface area (Å²) in [5.74, 6) is 0.954. The second-order valence-corrected chi connectivity index (χ2v) is 6.23. The van der Waals surface area contributed by atoms with E-state index in [2.05, 4.69) is 0 Å². The average molecular weight is 386 g/mol. The lowest BCUT2D eigenvalue weighted by atomic mass is 10.0. The zero-order chi connectivity index (χ0) is 19.8. The fraction of sp³-hybridized carbons (Fsp3) is 0.250. The number of fused-ring (bicyclic) bond motifs is 2. The van der Waals surface area contributed by atoms with E-state index in [9.17, 15) is 15.0 Å². The second-order valence-electron chi connectivity index (χ2n) is 6.23. The third-order valence-corrected chi connectivity index (χ3v) is 4.61. The van der Waals surface area contributed by atoms with Crippen molar-refractivity contribution in [2.24, 2.45) is 0 Å². The van der Waals surface area contributed by atoms with Gasteiger partial charge in [0.2, 0.25) is 5.75 Å². The fourth-order valence-corrected chi connectivity index (χ4v) is 3.21. The van der Waals surface area contributed by atoms with Crippen LogP contribution in [0.3, 0.4) is 0 Å². The molecule has 2 unspecified atom stereocenters. The Hall–Kier alpha value is -3.39. The maximum absolute atomic E-state index is 12.0. The van der Waals surface area contributed by atoms with Gasteiger partial charge in [0, 0.05) is 17.7 Å². The number of ether oxygens (including phenoxy) is 4. The highest BCUT2D eigenvalue weighted by molar-refractivity contribution is 5.80. The SMILES string of the molecule is COc1cc(C2Oc3cc4occc(=O)c4cc3OC2CO)cc(OC)c1O. The number of phenols is 1. The van der Waals surface area contributed by atoms with E-state index >= 15 is 0 Å². The summed E-state index contributed by atoms with van der Waals surface area (Å²) < 4.78 is 27.7. The molecule has 2 atom stereocenters. The smallest absolute Gasteiger partial charge is 0.200 e. The highest BCUT2D eigenvalue weighted by Crippen LogP contribution is 2.45. The van der Waals surface area contributed by atoms with Crippen LogP contribution in [-0.2, 0) is 0 Å². The first-order chi connectivity index (χ1) is 13.5.